The van der Waals surface area contributed by atoms with Crippen LogP contribution in [0.1, 0.15) is 53.7 Å². The minimum Gasteiger partial charge on any atom is -0.294 e. The number of fused-ring (bicyclic) bond motifs is 1. The fraction of sp³-hybridized carbons (Fsp3) is 0.600. The molecule has 5 heteroatoms. The molecule has 1 fully saturated rings. The lowest BCUT2D eigenvalue weighted by Gasteiger charge is -2.37. The molecule has 1 aromatic rings. The first-order valence-corrected chi connectivity index (χ1v) is 7.44. The first-order chi connectivity index (χ1) is 9.78. The maximum Gasteiger partial charge on any atom is 0.276 e. The Hall–Kier alpha value is -1.46. The van der Waals surface area contributed by atoms with Crippen LogP contribution in [0.4, 0.5) is 0 Å². The minimum atomic E-state index is -0.491. The zero-order chi connectivity index (χ0) is 13.9. The molecule has 1 aromatic heterocycles. The summed E-state index contributed by atoms with van der Waals surface area (Å²) in [4.78, 5) is 18.4. The van der Waals surface area contributed by atoms with E-state index in [2.05, 4.69) is 9.88 Å². The molecule has 108 valence electrons. The van der Waals surface area contributed by atoms with Crippen molar-refractivity contribution in [3.8, 4) is 0 Å². The summed E-state index contributed by atoms with van der Waals surface area (Å²) in [7, 11) is 0. The van der Waals surface area contributed by atoms with Crippen molar-refractivity contribution in [2.45, 2.75) is 51.1 Å². The highest BCUT2D eigenvalue weighted by Gasteiger charge is 2.26. The Morgan fingerprint density at radius 3 is 2.90 bits per heavy atom. The lowest BCUT2D eigenvalue weighted by atomic mass is 9.92. The van der Waals surface area contributed by atoms with Gasteiger partial charge in [-0.3, -0.25) is 19.9 Å². The number of pyridine rings is 1. The van der Waals surface area contributed by atoms with Gasteiger partial charge in [0.15, 0.2) is 0 Å². The Labute approximate surface area is 119 Å². The van der Waals surface area contributed by atoms with E-state index in [1.807, 2.05) is 6.07 Å². The Morgan fingerprint density at radius 1 is 1.35 bits per heavy atom. The summed E-state index contributed by atoms with van der Waals surface area (Å²) in [6.45, 7) is 1.94. The topological polar surface area (TPSA) is 65.5 Å². The van der Waals surface area contributed by atoms with Gasteiger partial charge in [-0.25, -0.2) is 5.48 Å². The zero-order valence-corrected chi connectivity index (χ0v) is 11.6. The van der Waals surface area contributed by atoms with E-state index in [4.69, 9.17) is 5.21 Å². The molecule has 1 aliphatic carbocycles. The quantitative estimate of drug-likeness (QED) is 0.639. The standard InChI is InChI=1S/C15H21N3O2/c19-15(17-20)12-8-11-6-7-18(10-14(11)16-9-12)13-4-2-1-3-5-13/h8-9,13,20H,1-7,10H2,(H,17,19). The lowest BCUT2D eigenvalue weighted by Crippen LogP contribution is -2.40. The van der Waals surface area contributed by atoms with Gasteiger partial charge in [-0.2, -0.15) is 0 Å². The fourth-order valence-corrected chi connectivity index (χ4v) is 3.38. The lowest BCUT2D eigenvalue weighted by molar-refractivity contribution is 0.0705. The van der Waals surface area contributed by atoms with Gasteiger partial charge in [0.05, 0.1) is 11.3 Å². The maximum atomic E-state index is 11.4. The van der Waals surface area contributed by atoms with Crippen molar-refractivity contribution in [3.63, 3.8) is 0 Å². The van der Waals surface area contributed by atoms with Crippen LogP contribution in [0.3, 0.4) is 0 Å². The molecular formula is C15H21N3O2. The third-order valence-corrected chi connectivity index (χ3v) is 4.54. The van der Waals surface area contributed by atoms with Crippen LogP contribution in [0.15, 0.2) is 12.3 Å². The monoisotopic (exact) mass is 275 g/mol. The van der Waals surface area contributed by atoms with Gasteiger partial charge in [0.1, 0.15) is 0 Å². The molecule has 0 radical (unpaired) electrons. The Kier molecular flexibility index (Phi) is 3.98. The SMILES string of the molecule is O=C(NO)c1cnc2c(c1)CCN(C1CCCCC1)C2. The van der Waals surface area contributed by atoms with Gasteiger partial charge in [0.2, 0.25) is 0 Å². The van der Waals surface area contributed by atoms with Gasteiger partial charge in [0.25, 0.3) is 5.91 Å². The smallest absolute Gasteiger partial charge is 0.276 e. The van der Waals surface area contributed by atoms with Gasteiger partial charge in [-0.05, 0) is 30.9 Å². The molecule has 0 unspecified atom stereocenters. The van der Waals surface area contributed by atoms with E-state index in [1.165, 1.54) is 32.1 Å². The van der Waals surface area contributed by atoms with Gasteiger partial charge in [0, 0.05) is 25.3 Å². The predicted molar refractivity (Wildman–Crippen MR) is 74.5 cm³/mol. The molecule has 20 heavy (non-hydrogen) atoms. The Balaban J connectivity index is 1.73. The molecule has 0 spiro atoms. The van der Waals surface area contributed by atoms with Crippen LogP contribution in [0.2, 0.25) is 0 Å². The summed E-state index contributed by atoms with van der Waals surface area (Å²) in [6.07, 6.45) is 9.16. The predicted octanol–water partition coefficient (Wildman–Crippen LogP) is 1.89. The van der Waals surface area contributed by atoms with Crippen LogP contribution in [0, 0.1) is 0 Å². The second-order valence-corrected chi connectivity index (χ2v) is 5.78. The second kappa shape index (κ2) is 5.89. The van der Waals surface area contributed by atoms with Crippen molar-refractivity contribution < 1.29 is 10.0 Å². The van der Waals surface area contributed by atoms with Gasteiger partial charge in [-0.1, -0.05) is 19.3 Å². The normalized spacial score (nSPS) is 20.4. The zero-order valence-electron chi connectivity index (χ0n) is 11.6. The van der Waals surface area contributed by atoms with Crippen LogP contribution >= 0.6 is 0 Å². The van der Waals surface area contributed by atoms with E-state index >= 15 is 0 Å². The summed E-state index contributed by atoms with van der Waals surface area (Å²) in [5.74, 6) is -0.491. The molecule has 2 N–H and O–H groups in total. The number of hydroxylamine groups is 1. The number of rotatable bonds is 2. The summed E-state index contributed by atoms with van der Waals surface area (Å²) < 4.78 is 0. The molecule has 0 atom stereocenters. The minimum absolute atomic E-state index is 0.428. The molecular weight excluding hydrogens is 254 g/mol. The van der Waals surface area contributed by atoms with E-state index in [1.54, 1.807) is 11.7 Å². The largest absolute Gasteiger partial charge is 0.294 e. The Morgan fingerprint density at radius 2 is 2.15 bits per heavy atom. The molecule has 2 aliphatic rings. The van der Waals surface area contributed by atoms with E-state index in [-0.39, 0.29) is 0 Å². The first-order valence-electron chi connectivity index (χ1n) is 7.44. The first kappa shape index (κ1) is 13.5. The summed E-state index contributed by atoms with van der Waals surface area (Å²) in [5.41, 5.74) is 4.30. The Bertz CT molecular complexity index is 498. The third-order valence-electron chi connectivity index (χ3n) is 4.54. The molecule has 0 aromatic carbocycles. The number of hydrogen-bond acceptors (Lipinski definition) is 4. The number of hydrogen-bond donors (Lipinski definition) is 2. The van der Waals surface area contributed by atoms with Gasteiger partial charge < -0.3 is 0 Å². The molecule has 1 saturated carbocycles. The molecule has 1 aliphatic heterocycles. The molecule has 5 nitrogen and oxygen atoms in total. The highest BCUT2D eigenvalue weighted by Crippen LogP contribution is 2.27. The molecule has 1 amide bonds. The highest BCUT2D eigenvalue weighted by atomic mass is 16.5. The van der Waals surface area contributed by atoms with Crippen molar-refractivity contribution in [1.29, 1.82) is 0 Å². The van der Waals surface area contributed by atoms with Crippen molar-refractivity contribution >= 4 is 5.91 Å². The van der Waals surface area contributed by atoms with E-state index in [9.17, 15) is 4.79 Å². The average molecular weight is 275 g/mol. The van der Waals surface area contributed by atoms with Crippen LogP contribution < -0.4 is 5.48 Å². The van der Waals surface area contributed by atoms with Gasteiger partial charge in [-0.15, -0.1) is 0 Å². The van der Waals surface area contributed by atoms with Crippen molar-refractivity contribution in [2.24, 2.45) is 0 Å². The van der Waals surface area contributed by atoms with Gasteiger partial charge >= 0.3 is 0 Å². The summed E-state index contributed by atoms with van der Waals surface area (Å²) in [5, 5.41) is 8.67. The van der Waals surface area contributed by atoms with Crippen molar-refractivity contribution in [3.05, 3.63) is 29.1 Å². The average Bonchev–Trinajstić information content (AvgIpc) is 2.54. The molecule has 2 heterocycles. The summed E-state index contributed by atoms with van der Waals surface area (Å²) in [6, 6.07) is 2.56. The van der Waals surface area contributed by atoms with Crippen LogP contribution in [-0.4, -0.2) is 33.6 Å². The van der Waals surface area contributed by atoms with Crippen LogP contribution in [0.25, 0.3) is 0 Å². The number of amides is 1. The molecule has 0 saturated heterocycles. The van der Waals surface area contributed by atoms with Crippen molar-refractivity contribution in [1.82, 2.24) is 15.4 Å². The molecule has 0 bridgehead atoms. The van der Waals surface area contributed by atoms with E-state index in [0.717, 1.165) is 30.8 Å². The highest BCUT2D eigenvalue weighted by molar-refractivity contribution is 5.93. The number of aromatic nitrogens is 1. The van der Waals surface area contributed by atoms with Crippen LogP contribution in [-0.2, 0) is 13.0 Å². The summed E-state index contributed by atoms with van der Waals surface area (Å²) >= 11 is 0. The van der Waals surface area contributed by atoms with Crippen LogP contribution in [0.5, 0.6) is 0 Å². The van der Waals surface area contributed by atoms with Crippen molar-refractivity contribution in [2.75, 3.05) is 6.54 Å². The maximum absolute atomic E-state index is 11.4. The number of carbonyl (C=O) groups excluding carboxylic acids is 1. The second-order valence-electron chi connectivity index (χ2n) is 5.78. The molecule has 3 rings (SSSR count). The number of nitrogens with one attached hydrogen (secondary N) is 1. The third kappa shape index (κ3) is 2.69. The fourth-order valence-electron chi connectivity index (χ4n) is 3.38. The number of nitrogens with zero attached hydrogens (tertiary/aromatic N) is 2. The number of carbonyl (C=O) groups is 1. The van der Waals surface area contributed by atoms with E-state index in [0.29, 0.717) is 11.6 Å². The van der Waals surface area contributed by atoms with E-state index < -0.39 is 5.91 Å².